The second kappa shape index (κ2) is 8.01. The summed E-state index contributed by atoms with van der Waals surface area (Å²) in [5.74, 6) is 1.50. The van der Waals surface area contributed by atoms with E-state index >= 15 is 0 Å². The molecule has 0 atom stereocenters. The number of hydrogen-bond donors (Lipinski definition) is 2. The molecule has 1 heterocycles. The lowest BCUT2D eigenvalue weighted by molar-refractivity contribution is 0.0942. The molecular formula is C17H27N3O. The molecule has 0 bridgehead atoms. The van der Waals surface area contributed by atoms with Crippen LogP contribution in [0.5, 0.6) is 0 Å². The SMILES string of the molecule is CCCNc1cnccc1C(=O)NCC1CCC(C)CC1. The lowest BCUT2D eigenvalue weighted by Crippen LogP contribution is -2.31. The number of nitrogens with one attached hydrogen (secondary N) is 2. The zero-order valence-electron chi connectivity index (χ0n) is 13.2. The van der Waals surface area contributed by atoms with Crippen molar-refractivity contribution in [1.82, 2.24) is 10.3 Å². The molecule has 1 amide bonds. The van der Waals surface area contributed by atoms with Gasteiger partial charge in [0.15, 0.2) is 0 Å². The summed E-state index contributed by atoms with van der Waals surface area (Å²) in [5, 5.41) is 6.36. The van der Waals surface area contributed by atoms with Gasteiger partial charge < -0.3 is 10.6 Å². The molecule has 0 saturated heterocycles. The molecule has 116 valence electrons. The second-order valence-electron chi connectivity index (χ2n) is 6.18. The highest BCUT2D eigenvalue weighted by Crippen LogP contribution is 2.27. The molecule has 1 aliphatic carbocycles. The van der Waals surface area contributed by atoms with Crippen molar-refractivity contribution in [2.24, 2.45) is 11.8 Å². The van der Waals surface area contributed by atoms with E-state index in [9.17, 15) is 4.79 Å². The minimum atomic E-state index is 0.00891. The van der Waals surface area contributed by atoms with Crippen LogP contribution in [-0.4, -0.2) is 24.0 Å². The molecule has 1 aromatic rings. The summed E-state index contributed by atoms with van der Waals surface area (Å²) >= 11 is 0. The van der Waals surface area contributed by atoms with Gasteiger partial charge >= 0.3 is 0 Å². The van der Waals surface area contributed by atoms with Gasteiger partial charge in [0.1, 0.15) is 0 Å². The first-order chi connectivity index (χ1) is 10.2. The fourth-order valence-electron chi connectivity index (χ4n) is 2.86. The summed E-state index contributed by atoms with van der Waals surface area (Å²) in [6.07, 6.45) is 9.48. The Morgan fingerprint density at radius 1 is 1.33 bits per heavy atom. The van der Waals surface area contributed by atoms with Crippen molar-refractivity contribution in [1.29, 1.82) is 0 Å². The lowest BCUT2D eigenvalue weighted by atomic mass is 9.83. The van der Waals surface area contributed by atoms with Gasteiger partial charge in [-0.25, -0.2) is 0 Å². The average molecular weight is 289 g/mol. The van der Waals surface area contributed by atoms with Crippen LogP contribution in [0.4, 0.5) is 5.69 Å². The van der Waals surface area contributed by atoms with Crippen molar-refractivity contribution < 1.29 is 4.79 Å². The second-order valence-corrected chi connectivity index (χ2v) is 6.18. The van der Waals surface area contributed by atoms with E-state index in [2.05, 4.69) is 29.5 Å². The first-order valence-corrected chi connectivity index (χ1v) is 8.16. The zero-order valence-corrected chi connectivity index (χ0v) is 13.2. The Morgan fingerprint density at radius 3 is 2.81 bits per heavy atom. The minimum absolute atomic E-state index is 0.00891. The molecule has 1 aromatic heterocycles. The maximum Gasteiger partial charge on any atom is 0.253 e. The van der Waals surface area contributed by atoms with E-state index in [0.29, 0.717) is 11.5 Å². The first kappa shape index (κ1) is 15.8. The van der Waals surface area contributed by atoms with Gasteiger partial charge in [-0.15, -0.1) is 0 Å². The van der Waals surface area contributed by atoms with Crippen LogP contribution in [0.3, 0.4) is 0 Å². The van der Waals surface area contributed by atoms with E-state index in [0.717, 1.165) is 31.1 Å². The molecule has 0 spiro atoms. The number of aromatic nitrogens is 1. The van der Waals surface area contributed by atoms with Crippen LogP contribution in [0.2, 0.25) is 0 Å². The quantitative estimate of drug-likeness (QED) is 0.843. The smallest absolute Gasteiger partial charge is 0.253 e. The van der Waals surface area contributed by atoms with Crippen molar-refractivity contribution in [3.63, 3.8) is 0 Å². The summed E-state index contributed by atoms with van der Waals surface area (Å²) in [7, 11) is 0. The Labute approximate surface area is 127 Å². The number of rotatable bonds is 6. The van der Waals surface area contributed by atoms with Gasteiger partial charge in [-0.05, 0) is 37.2 Å². The van der Waals surface area contributed by atoms with Crippen LogP contribution < -0.4 is 10.6 Å². The predicted molar refractivity (Wildman–Crippen MR) is 86.5 cm³/mol. The molecule has 4 nitrogen and oxygen atoms in total. The standard InChI is InChI=1S/C17H27N3O/c1-3-9-19-16-12-18-10-8-15(16)17(21)20-11-14-6-4-13(2)5-7-14/h8,10,12-14,19H,3-7,9,11H2,1-2H3,(H,20,21). The average Bonchev–Trinajstić information content (AvgIpc) is 2.52. The maximum atomic E-state index is 12.4. The van der Waals surface area contributed by atoms with Crippen LogP contribution in [-0.2, 0) is 0 Å². The Hall–Kier alpha value is -1.58. The molecule has 0 radical (unpaired) electrons. The summed E-state index contributed by atoms with van der Waals surface area (Å²) < 4.78 is 0. The molecule has 0 unspecified atom stereocenters. The first-order valence-electron chi connectivity index (χ1n) is 8.16. The number of carbonyl (C=O) groups excluding carboxylic acids is 1. The number of carbonyl (C=O) groups is 1. The van der Waals surface area contributed by atoms with E-state index in [1.807, 2.05) is 0 Å². The van der Waals surface area contributed by atoms with Crippen molar-refractivity contribution in [3.8, 4) is 0 Å². The van der Waals surface area contributed by atoms with Gasteiger partial charge in [0, 0.05) is 19.3 Å². The third kappa shape index (κ3) is 4.73. The molecule has 1 aliphatic rings. The van der Waals surface area contributed by atoms with E-state index in [1.54, 1.807) is 18.5 Å². The van der Waals surface area contributed by atoms with Crippen LogP contribution in [0.1, 0.15) is 56.3 Å². The topological polar surface area (TPSA) is 54.0 Å². The van der Waals surface area contributed by atoms with Crippen LogP contribution in [0, 0.1) is 11.8 Å². The van der Waals surface area contributed by atoms with E-state index in [1.165, 1.54) is 25.7 Å². The number of nitrogens with zero attached hydrogens (tertiary/aromatic N) is 1. The summed E-state index contributed by atoms with van der Waals surface area (Å²) in [6.45, 7) is 6.07. The predicted octanol–water partition coefficient (Wildman–Crippen LogP) is 3.46. The molecule has 0 aliphatic heterocycles. The van der Waals surface area contributed by atoms with E-state index in [4.69, 9.17) is 0 Å². The number of hydrogen-bond acceptors (Lipinski definition) is 3. The number of amides is 1. The molecular weight excluding hydrogens is 262 g/mol. The highest BCUT2D eigenvalue weighted by Gasteiger charge is 2.19. The molecule has 1 fully saturated rings. The minimum Gasteiger partial charge on any atom is -0.383 e. The Bertz CT molecular complexity index is 453. The van der Waals surface area contributed by atoms with Crippen molar-refractivity contribution in [2.45, 2.75) is 46.0 Å². The van der Waals surface area contributed by atoms with Gasteiger partial charge in [-0.1, -0.05) is 26.7 Å². The Morgan fingerprint density at radius 2 is 2.10 bits per heavy atom. The van der Waals surface area contributed by atoms with Gasteiger partial charge in [-0.3, -0.25) is 9.78 Å². The normalized spacial score (nSPS) is 21.8. The summed E-state index contributed by atoms with van der Waals surface area (Å²) in [6, 6.07) is 1.79. The van der Waals surface area contributed by atoms with E-state index in [-0.39, 0.29) is 5.91 Å². The van der Waals surface area contributed by atoms with Crippen molar-refractivity contribution in [3.05, 3.63) is 24.0 Å². The summed E-state index contributed by atoms with van der Waals surface area (Å²) in [4.78, 5) is 16.5. The third-order valence-corrected chi connectivity index (χ3v) is 4.32. The largest absolute Gasteiger partial charge is 0.383 e. The molecule has 1 saturated carbocycles. The van der Waals surface area contributed by atoms with Gasteiger partial charge in [0.2, 0.25) is 0 Å². The molecule has 21 heavy (non-hydrogen) atoms. The Kier molecular flexibility index (Phi) is 6.03. The van der Waals surface area contributed by atoms with Gasteiger partial charge in [0.25, 0.3) is 5.91 Å². The molecule has 2 N–H and O–H groups in total. The molecule has 2 rings (SSSR count). The number of anilines is 1. The third-order valence-electron chi connectivity index (χ3n) is 4.32. The highest BCUT2D eigenvalue weighted by atomic mass is 16.1. The van der Waals surface area contributed by atoms with Crippen LogP contribution in [0.15, 0.2) is 18.5 Å². The monoisotopic (exact) mass is 289 g/mol. The maximum absolute atomic E-state index is 12.4. The zero-order chi connectivity index (χ0) is 15.1. The number of pyridine rings is 1. The van der Waals surface area contributed by atoms with E-state index < -0.39 is 0 Å². The van der Waals surface area contributed by atoms with Crippen LogP contribution in [0.25, 0.3) is 0 Å². The molecule has 0 aromatic carbocycles. The van der Waals surface area contributed by atoms with Crippen molar-refractivity contribution >= 4 is 11.6 Å². The summed E-state index contributed by atoms with van der Waals surface area (Å²) in [5.41, 5.74) is 1.52. The molecule has 4 heteroatoms. The highest BCUT2D eigenvalue weighted by molar-refractivity contribution is 5.99. The van der Waals surface area contributed by atoms with Crippen molar-refractivity contribution in [2.75, 3.05) is 18.4 Å². The van der Waals surface area contributed by atoms with Gasteiger partial charge in [-0.2, -0.15) is 0 Å². The lowest BCUT2D eigenvalue weighted by Gasteiger charge is -2.26. The van der Waals surface area contributed by atoms with Crippen LogP contribution >= 0.6 is 0 Å². The fraction of sp³-hybridized carbons (Fsp3) is 0.647. The fourth-order valence-corrected chi connectivity index (χ4v) is 2.86. The Balaban J connectivity index is 1.88. The van der Waals surface area contributed by atoms with Gasteiger partial charge in [0.05, 0.1) is 17.4 Å².